The van der Waals surface area contributed by atoms with Gasteiger partial charge in [0.15, 0.2) is 11.5 Å². The summed E-state index contributed by atoms with van der Waals surface area (Å²) in [6.07, 6.45) is 0.282. The number of fused-ring (bicyclic) bond motifs is 2. The van der Waals surface area contributed by atoms with Crippen LogP contribution in [0, 0.1) is 6.92 Å². The van der Waals surface area contributed by atoms with Crippen molar-refractivity contribution in [2.75, 3.05) is 19.5 Å². The van der Waals surface area contributed by atoms with E-state index in [9.17, 15) is 9.90 Å². The van der Waals surface area contributed by atoms with Crippen LogP contribution in [0.15, 0.2) is 36.4 Å². The fraction of sp³-hybridized carbons (Fsp3) is 0.227. The molecule has 5 rings (SSSR count). The third kappa shape index (κ3) is 3.17. The first-order valence-electron chi connectivity index (χ1n) is 9.69. The lowest BCUT2D eigenvalue weighted by Gasteiger charge is -2.24. The Hall–Kier alpha value is -3.59. The molecule has 0 spiro atoms. The molecule has 2 N–H and O–H groups in total. The number of nitrogens with one attached hydrogen (secondary N) is 1. The second kappa shape index (κ2) is 7.28. The Morgan fingerprint density at radius 3 is 2.81 bits per heavy atom. The number of nitrogens with zero attached hydrogens (tertiary/aromatic N) is 3. The highest BCUT2D eigenvalue weighted by atomic mass is 32.1. The molecule has 1 amide bonds. The van der Waals surface area contributed by atoms with Crippen LogP contribution in [-0.2, 0) is 4.79 Å². The van der Waals surface area contributed by atoms with Crippen LogP contribution in [0.3, 0.4) is 0 Å². The van der Waals surface area contributed by atoms with Gasteiger partial charge in [0.2, 0.25) is 11.0 Å². The minimum absolute atomic E-state index is 0.0593. The van der Waals surface area contributed by atoms with Crippen LogP contribution in [-0.4, -0.2) is 40.0 Å². The number of aryl methyl sites for hydroxylation is 1. The van der Waals surface area contributed by atoms with Crippen molar-refractivity contribution >= 4 is 33.3 Å². The Kier molecular flexibility index (Phi) is 4.55. The molecule has 4 aromatic rings. The van der Waals surface area contributed by atoms with Crippen molar-refractivity contribution in [2.45, 2.75) is 19.3 Å². The molecule has 0 bridgehead atoms. The standard InChI is InChI=1S/C22H20N4O4S/c1-11-20-14(12-4-7-16(27)17(8-12)30-3)10-19(28)24-21(20)26(25-11)22-23-15-6-5-13(29-2)9-18(15)31-22/h4-9,14,27H,10H2,1-3H3,(H,24,28). The number of aromatic nitrogens is 3. The molecule has 1 unspecified atom stereocenters. The number of aromatic hydroxyl groups is 1. The Bertz CT molecular complexity index is 1330. The normalized spacial score (nSPS) is 15.6. The number of thiazole rings is 1. The van der Waals surface area contributed by atoms with Gasteiger partial charge in [0.1, 0.15) is 11.6 Å². The van der Waals surface area contributed by atoms with E-state index in [1.54, 1.807) is 23.9 Å². The van der Waals surface area contributed by atoms with Crippen molar-refractivity contribution in [1.82, 2.24) is 14.8 Å². The van der Waals surface area contributed by atoms with E-state index in [1.165, 1.54) is 18.4 Å². The third-order valence-corrected chi connectivity index (χ3v) is 6.47. The van der Waals surface area contributed by atoms with E-state index in [4.69, 9.17) is 19.6 Å². The van der Waals surface area contributed by atoms with E-state index >= 15 is 0 Å². The van der Waals surface area contributed by atoms with Crippen molar-refractivity contribution in [3.63, 3.8) is 0 Å². The first-order valence-corrected chi connectivity index (χ1v) is 10.5. The quantitative estimate of drug-likeness (QED) is 0.502. The number of phenolic OH excluding ortho intramolecular Hbond substituents is 1. The highest BCUT2D eigenvalue weighted by Gasteiger charge is 2.33. The van der Waals surface area contributed by atoms with E-state index in [1.807, 2.05) is 31.2 Å². The Morgan fingerprint density at radius 1 is 1.19 bits per heavy atom. The van der Waals surface area contributed by atoms with Gasteiger partial charge in [-0.15, -0.1) is 0 Å². The number of phenols is 1. The minimum atomic E-state index is -0.207. The zero-order chi connectivity index (χ0) is 21.7. The molecule has 158 valence electrons. The van der Waals surface area contributed by atoms with Crippen LogP contribution in [0.5, 0.6) is 17.2 Å². The van der Waals surface area contributed by atoms with Gasteiger partial charge in [0.25, 0.3) is 0 Å². The Labute approximate surface area is 182 Å². The number of rotatable bonds is 4. The number of hydrogen-bond donors (Lipinski definition) is 2. The zero-order valence-corrected chi connectivity index (χ0v) is 18.0. The SMILES string of the molecule is COc1ccc2nc(-n3nc(C)c4c3NC(=O)CC4c3ccc(O)c(OC)c3)sc2c1. The molecular weight excluding hydrogens is 416 g/mol. The summed E-state index contributed by atoms with van der Waals surface area (Å²) in [5, 5.41) is 18.3. The molecule has 1 aliphatic heterocycles. The van der Waals surface area contributed by atoms with Crippen molar-refractivity contribution in [3.8, 4) is 22.4 Å². The predicted octanol–water partition coefficient (Wildman–Crippen LogP) is 3.99. The van der Waals surface area contributed by atoms with Crippen LogP contribution in [0.1, 0.15) is 29.2 Å². The van der Waals surface area contributed by atoms with Gasteiger partial charge in [0, 0.05) is 17.9 Å². The summed E-state index contributed by atoms with van der Waals surface area (Å²) in [4.78, 5) is 17.3. The molecule has 0 radical (unpaired) electrons. The topological polar surface area (TPSA) is 98.5 Å². The summed E-state index contributed by atoms with van der Waals surface area (Å²) >= 11 is 1.48. The van der Waals surface area contributed by atoms with Crippen LogP contribution in [0.2, 0.25) is 0 Å². The second-order valence-corrected chi connectivity index (χ2v) is 8.33. The molecule has 2 aromatic heterocycles. The third-order valence-electron chi connectivity index (χ3n) is 5.47. The summed E-state index contributed by atoms with van der Waals surface area (Å²) in [7, 11) is 3.13. The first kappa shape index (κ1) is 19.4. The smallest absolute Gasteiger partial charge is 0.226 e. The Balaban J connectivity index is 1.64. The van der Waals surface area contributed by atoms with Gasteiger partial charge in [-0.2, -0.15) is 9.78 Å². The summed E-state index contributed by atoms with van der Waals surface area (Å²) < 4.78 is 13.2. The highest BCUT2D eigenvalue weighted by molar-refractivity contribution is 7.20. The molecule has 0 saturated carbocycles. The molecule has 0 fully saturated rings. The monoisotopic (exact) mass is 436 g/mol. The zero-order valence-electron chi connectivity index (χ0n) is 17.2. The predicted molar refractivity (Wildman–Crippen MR) is 118 cm³/mol. The molecule has 0 aliphatic carbocycles. The molecule has 9 heteroatoms. The number of hydrogen-bond acceptors (Lipinski definition) is 7. The van der Waals surface area contributed by atoms with E-state index in [2.05, 4.69) is 5.32 Å². The number of amides is 1. The molecule has 1 aliphatic rings. The molecule has 3 heterocycles. The van der Waals surface area contributed by atoms with Crippen molar-refractivity contribution in [3.05, 3.63) is 53.2 Å². The van der Waals surface area contributed by atoms with Crippen LogP contribution in [0.4, 0.5) is 5.82 Å². The van der Waals surface area contributed by atoms with Gasteiger partial charge in [-0.3, -0.25) is 4.79 Å². The average molecular weight is 436 g/mol. The number of ether oxygens (including phenoxy) is 2. The molecular formula is C22H20N4O4S. The van der Waals surface area contributed by atoms with E-state index in [0.717, 1.165) is 32.8 Å². The van der Waals surface area contributed by atoms with E-state index in [0.29, 0.717) is 16.7 Å². The highest BCUT2D eigenvalue weighted by Crippen LogP contribution is 2.43. The van der Waals surface area contributed by atoms with Crippen LogP contribution >= 0.6 is 11.3 Å². The van der Waals surface area contributed by atoms with Gasteiger partial charge in [-0.1, -0.05) is 17.4 Å². The van der Waals surface area contributed by atoms with Gasteiger partial charge < -0.3 is 19.9 Å². The fourth-order valence-electron chi connectivity index (χ4n) is 3.99. The summed E-state index contributed by atoms with van der Waals surface area (Å²) in [6, 6.07) is 10.9. The lowest BCUT2D eigenvalue weighted by molar-refractivity contribution is -0.116. The number of carbonyl (C=O) groups excluding carboxylic acids is 1. The number of methoxy groups -OCH3 is 2. The van der Waals surface area contributed by atoms with Crippen molar-refractivity contribution < 1.29 is 19.4 Å². The van der Waals surface area contributed by atoms with E-state index < -0.39 is 0 Å². The molecule has 2 aromatic carbocycles. The lowest BCUT2D eigenvalue weighted by atomic mass is 9.85. The van der Waals surface area contributed by atoms with Gasteiger partial charge in [-0.05, 0) is 42.8 Å². The van der Waals surface area contributed by atoms with Crippen molar-refractivity contribution in [1.29, 1.82) is 0 Å². The number of benzene rings is 2. The maximum absolute atomic E-state index is 12.6. The summed E-state index contributed by atoms with van der Waals surface area (Å²) in [5.74, 6) is 1.50. The molecule has 8 nitrogen and oxygen atoms in total. The lowest BCUT2D eigenvalue weighted by Crippen LogP contribution is -2.24. The maximum atomic E-state index is 12.6. The maximum Gasteiger partial charge on any atom is 0.226 e. The summed E-state index contributed by atoms with van der Waals surface area (Å²) in [6.45, 7) is 1.92. The van der Waals surface area contributed by atoms with Crippen molar-refractivity contribution in [2.24, 2.45) is 0 Å². The molecule has 1 atom stereocenters. The Morgan fingerprint density at radius 2 is 2.03 bits per heavy atom. The molecule has 0 saturated heterocycles. The van der Waals surface area contributed by atoms with Crippen LogP contribution in [0.25, 0.3) is 15.3 Å². The number of anilines is 1. The average Bonchev–Trinajstić information content (AvgIpc) is 3.33. The van der Waals surface area contributed by atoms with Gasteiger partial charge >= 0.3 is 0 Å². The number of carbonyl (C=O) groups is 1. The van der Waals surface area contributed by atoms with Gasteiger partial charge in [-0.25, -0.2) is 4.98 Å². The van der Waals surface area contributed by atoms with E-state index in [-0.39, 0.29) is 24.0 Å². The minimum Gasteiger partial charge on any atom is -0.504 e. The molecule has 31 heavy (non-hydrogen) atoms. The van der Waals surface area contributed by atoms with Crippen LogP contribution < -0.4 is 14.8 Å². The largest absolute Gasteiger partial charge is 0.504 e. The second-order valence-electron chi connectivity index (χ2n) is 7.33. The fourth-order valence-corrected chi connectivity index (χ4v) is 4.94. The summed E-state index contributed by atoms with van der Waals surface area (Å²) in [5.41, 5.74) is 3.46. The van der Waals surface area contributed by atoms with Gasteiger partial charge in [0.05, 0.1) is 30.1 Å². The first-order chi connectivity index (χ1) is 15.0.